The number of fused-ring (bicyclic) bond motifs is 2. The molecule has 2 bridgehead atoms. The molecule has 2 fully saturated rings. The normalized spacial score (nSPS) is 26.0. The maximum absolute atomic E-state index is 13.3. The molecule has 0 aliphatic heterocycles. The lowest BCUT2D eigenvalue weighted by molar-refractivity contribution is -0.130. The number of nitrogens with one attached hydrogen (secondary N) is 2. The Morgan fingerprint density at radius 3 is 2.50 bits per heavy atom. The lowest BCUT2D eigenvalue weighted by Gasteiger charge is -2.46. The van der Waals surface area contributed by atoms with Gasteiger partial charge in [0.05, 0.1) is 11.9 Å². The zero-order valence-corrected chi connectivity index (χ0v) is 21.3. The van der Waals surface area contributed by atoms with Gasteiger partial charge < -0.3 is 10.6 Å². The summed E-state index contributed by atoms with van der Waals surface area (Å²) in [4.78, 5) is 42.3. The Kier molecular flexibility index (Phi) is 7.50. The first-order valence-electron chi connectivity index (χ1n) is 12.0. The summed E-state index contributed by atoms with van der Waals surface area (Å²) in [6.45, 7) is 4.43. The maximum atomic E-state index is 13.3. The predicted molar refractivity (Wildman–Crippen MR) is 133 cm³/mol. The summed E-state index contributed by atoms with van der Waals surface area (Å²) in [5.41, 5.74) is 0.335. The summed E-state index contributed by atoms with van der Waals surface area (Å²) in [7, 11) is 0. The van der Waals surface area contributed by atoms with Crippen LogP contribution in [0.2, 0.25) is 0 Å². The van der Waals surface area contributed by atoms with Gasteiger partial charge in [0.1, 0.15) is 11.0 Å². The summed E-state index contributed by atoms with van der Waals surface area (Å²) in [5.74, 6) is 1.57. The Bertz CT molecular complexity index is 1090. The van der Waals surface area contributed by atoms with Crippen LogP contribution in [0.5, 0.6) is 0 Å². The molecule has 4 rings (SSSR count). The van der Waals surface area contributed by atoms with E-state index < -0.39 is 11.0 Å². The molecule has 2 amide bonds. The lowest BCUT2D eigenvalue weighted by Crippen LogP contribution is -2.44. The highest BCUT2D eigenvalue weighted by atomic mass is 79.9. The Morgan fingerprint density at radius 1 is 1.18 bits per heavy atom. The first-order valence-corrected chi connectivity index (χ1v) is 12.8. The number of aromatic nitrogens is 3. The van der Waals surface area contributed by atoms with Gasteiger partial charge in [-0.3, -0.25) is 19.4 Å². The van der Waals surface area contributed by atoms with Crippen molar-refractivity contribution in [3.05, 3.63) is 51.1 Å². The van der Waals surface area contributed by atoms with E-state index in [0.29, 0.717) is 24.1 Å². The van der Waals surface area contributed by atoms with Gasteiger partial charge in [-0.2, -0.15) is 5.10 Å². The van der Waals surface area contributed by atoms with Crippen molar-refractivity contribution >= 4 is 33.4 Å². The lowest BCUT2D eigenvalue weighted by atomic mass is 9.58. The van der Waals surface area contributed by atoms with Crippen LogP contribution in [0.25, 0.3) is 0 Å². The molecule has 2 aliphatic rings. The Morgan fingerprint density at radius 2 is 1.85 bits per heavy atom. The van der Waals surface area contributed by atoms with Gasteiger partial charge >= 0.3 is 0 Å². The van der Waals surface area contributed by atoms with Crippen LogP contribution in [-0.4, -0.2) is 26.6 Å². The van der Waals surface area contributed by atoms with Crippen molar-refractivity contribution in [2.45, 2.75) is 65.5 Å². The molecule has 34 heavy (non-hydrogen) atoms. The second-order valence-electron chi connectivity index (χ2n) is 10.1. The fourth-order valence-corrected chi connectivity index (χ4v) is 6.15. The molecule has 2 aliphatic carbocycles. The molecule has 9 heteroatoms. The largest absolute Gasteiger partial charge is 0.350 e. The van der Waals surface area contributed by atoms with E-state index in [0.717, 1.165) is 29.0 Å². The second-order valence-corrected chi connectivity index (χ2v) is 10.9. The summed E-state index contributed by atoms with van der Waals surface area (Å²) in [5, 5.41) is 9.82. The monoisotopic (exact) mass is 529 g/mol. The van der Waals surface area contributed by atoms with Crippen LogP contribution in [0.15, 0.2) is 40.0 Å². The Hall–Kier alpha value is -2.55. The number of nitrogens with zero attached hydrogens (tertiary/aromatic N) is 3. The van der Waals surface area contributed by atoms with Crippen molar-refractivity contribution in [3.63, 3.8) is 0 Å². The fraction of sp³-hybridized carbons (Fsp3) is 0.560. The van der Waals surface area contributed by atoms with Gasteiger partial charge in [0.15, 0.2) is 0 Å². The molecule has 0 aromatic carbocycles. The summed E-state index contributed by atoms with van der Waals surface area (Å²) in [6.07, 6.45) is 11.4. The number of rotatable bonds is 7. The topological polar surface area (TPSA) is 106 Å². The van der Waals surface area contributed by atoms with E-state index >= 15 is 0 Å². The van der Waals surface area contributed by atoms with Gasteiger partial charge in [0, 0.05) is 24.4 Å². The highest BCUT2D eigenvalue weighted by Gasteiger charge is 2.45. The number of hydrogen-bond acceptors (Lipinski definition) is 5. The molecule has 2 aromatic rings. The minimum Gasteiger partial charge on any atom is -0.350 e. The second kappa shape index (κ2) is 10.4. The van der Waals surface area contributed by atoms with Gasteiger partial charge in [0.2, 0.25) is 11.8 Å². The highest BCUT2D eigenvalue weighted by Crippen LogP contribution is 2.51. The van der Waals surface area contributed by atoms with E-state index in [-0.39, 0.29) is 22.8 Å². The molecule has 2 heterocycles. The van der Waals surface area contributed by atoms with E-state index in [1.165, 1.54) is 31.9 Å². The van der Waals surface area contributed by atoms with Crippen LogP contribution < -0.4 is 16.2 Å². The number of halogens is 1. The van der Waals surface area contributed by atoms with Crippen molar-refractivity contribution in [1.29, 1.82) is 0 Å². The van der Waals surface area contributed by atoms with Crippen molar-refractivity contribution in [2.24, 2.45) is 23.2 Å². The molecule has 2 N–H and O–H groups in total. The van der Waals surface area contributed by atoms with Crippen molar-refractivity contribution in [1.82, 2.24) is 20.1 Å². The van der Waals surface area contributed by atoms with E-state index in [1.807, 2.05) is 6.92 Å². The molecule has 8 nitrogen and oxygen atoms in total. The molecular weight excluding hydrogens is 498 g/mol. The van der Waals surface area contributed by atoms with Crippen LogP contribution in [0.4, 0.5) is 5.69 Å². The maximum Gasteiger partial charge on any atom is 0.283 e. The Labute approximate surface area is 208 Å². The number of carbonyl (C=O) groups is 2. The summed E-state index contributed by atoms with van der Waals surface area (Å²) in [6, 6.07) is 3.61. The van der Waals surface area contributed by atoms with Gasteiger partial charge in [0.25, 0.3) is 5.56 Å². The average molecular weight is 530 g/mol. The quantitative estimate of drug-likeness (QED) is 0.565. The SMILES string of the molecule is CCC1CC2CC(C1)CC(C)(C(=O)Nc1cnn(CC(=O)NCc3ccncc3)c(=O)c1Br)C2. The van der Waals surface area contributed by atoms with Crippen LogP contribution in [0.3, 0.4) is 0 Å². The van der Waals surface area contributed by atoms with Gasteiger partial charge in [-0.1, -0.05) is 20.3 Å². The fourth-order valence-electron chi connectivity index (χ4n) is 5.74. The molecule has 182 valence electrons. The van der Waals surface area contributed by atoms with Crippen LogP contribution >= 0.6 is 15.9 Å². The van der Waals surface area contributed by atoms with E-state index in [4.69, 9.17) is 0 Å². The van der Waals surface area contributed by atoms with E-state index in [2.05, 4.69) is 43.6 Å². The molecule has 2 unspecified atom stereocenters. The molecule has 0 spiro atoms. The van der Waals surface area contributed by atoms with Gasteiger partial charge in [-0.05, 0) is 83.5 Å². The summed E-state index contributed by atoms with van der Waals surface area (Å²) >= 11 is 3.31. The Balaban J connectivity index is 1.38. The standard InChI is InChI=1S/C25H32BrN5O3/c1-3-16-8-18-10-19(9-16)12-25(2,11-18)24(34)30-20-14-29-31(23(33)22(20)26)15-21(32)28-13-17-4-6-27-7-5-17/h4-7,14,16,18-19H,3,8-13,15H2,1-2H3,(H,28,32)(H,30,34). The van der Waals surface area contributed by atoms with Crippen LogP contribution in [-0.2, 0) is 22.7 Å². The van der Waals surface area contributed by atoms with Gasteiger partial charge in [-0.25, -0.2) is 4.68 Å². The van der Waals surface area contributed by atoms with E-state index in [1.54, 1.807) is 24.5 Å². The molecule has 0 saturated heterocycles. The van der Waals surface area contributed by atoms with Crippen LogP contribution in [0.1, 0.15) is 57.9 Å². The summed E-state index contributed by atoms with van der Waals surface area (Å²) < 4.78 is 1.28. The van der Waals surface area contributed by atoms with Crippen LogP contribution in [0, 0.1) is 23.2 Å². The number of hydrogen-bond donors (Lipinski definition) is 2. The molecule has 2 atom stereocenters. The van der Waals surface area contributed by atoms with Crippen molar-refractivity contribution in [2.75, 3.05) is 5.32 Å². The average Bonchev–Trinajstić information content (AvgIpc) is 2.82. The molecular formula is C25H32BrN5O3. The minimum absolute atomic E-state index is 0.0631. The molecule has 2 saturated carbocycles. The number of amides is 2. The zero-order valence-electron chi connectivity index (χ0n) is 19.7. The number of pyridine rings is 1. The number of carbonyl (C=O) groups excluding carboxylic acids is 2. The predicted octanol–water partition coefficient (Wildman–Crippen LogP) is 3.90. The third-order valence-corrected chi connectivity index (χ3v) is 8.14. The first-order chi connectivity index (χ1) is 16.3. The molecule has 2 aromatic heterocycles. The zero-order chi connectivity index (χ0) is 24.3. The third kappa shape index (κ3) is 5.56. The smallest absolute Gasteiger partial charge is 0.283 e. The number of anilines is 1. The van der Waals surface area contributed by atoms with Crippen molar-refractivity contribution in [3.8, 4) is 0 Å². The minimum atomic E-state index is -0.465. The van der Waals surface area contributed by atoms with Crippen molar-refractivity contribution < 1.29 is 9.59 Å². The van der Waals surface area contributed by atoms with Gasteiger partial charge in [-0.15, -0.1) is 0 Å². The first kappa shape index (κ1) is 24.6. The van der Waals surface area contributed by atoms with E-state index in [9.17, 15) is 14.4 Å². The highest BCUT2D eigenvalue weighted by molar-refractivity contribution is 9.10. The third-order valence-electron chi connectivity index (χ3n) is 7.37. The molecule has 0 radical (unpaired) electrons.